The van der Waals surface area contributed by atoms with Gasteiger partial charge in [0.25, 0.3) is 20.0 Å². The second kappa shape index (κ2) is 10.1. The molecule has 0 bridgehead atoms. The lowest BCUT2D eigenvalue weighted by molar-refractivity contribution is 0.347. The molecule has 3 rings (SSSR count). The van der Waals surface area contributed by atoms with Gasteiger partial charge in [0.15, 0.2) is 23.0 Å². The Morgan fingerprint density at radius 3 is 1.32 bits per heavy atom. The summed E-state index contributed by atoms with van der Waals surface area (Å²) in [6.07, 6.45) is 0. The molecular weight excluding hydrogens is 486 g/mol. The van der Waals surface area contributed by atoms with Crippen LogP contribution in [0, 0.1) is 0 Å². The predicted octanol–water partition coefficient (Wildman–Crippen LogP) is 2.72. The molecule has 3 aromatic rings. The van der Waals surface area contributed by atoms with Gasteiger partial charge in [-0.15, -0.1) is 0 Å². The number of para-hydroxylation sites is 2. The third-order valence-corrected chi connectivity index (χ3v) is 7.30. The molecule has 11 nitrogen and oxygen atoms in total. The third kappa shape index (κ3) is 5.10. The predicted molar refractivity (Wildman–Crippen MR) is 125 cm³/mol. The number of hydrogen-bond acceptors (Lipinski definition) is 9. The van der Waals surface area contributed by atoms with Crippen molar-refractivity contribution in [1.29, 1.82) is 0 Å². The molecule has 0 fully saturated rings. The van der Waals surface area contributed by atoms with Gasteiger partial charge in [-0.1, -0.05) is 18.2 Å². The van der Waals surface area contributed by atoms with E-state index in [9.17, 15) is 16.8 Å². The van der Waals surface area contributed by atoms with Crippen molar-refractivity contribution in [3.05, 3.63) is 54.6 Å². The first-order chi connectivity index (χ1) is 16.2. The second-order valence-corrected chi connectivity index (χ2v) is 9.90. The van der Waals surface area contributed by atoms with Crippen molar-refractivity contribution in [3.63, 3.8) is 0 Å². The quantitative estimate of drug-likeness (QED) is 0.422. The van der Waals surface area contributed by atoms with Gasteiger partial charge in [-0.3, -0.25) is 9.44 Å². The van der Waals surface area contributed by atoms with Gasteiger partial charge in [-0.05, 0) is 36.4 Å². The van der Waals surface area contributed by atoms with Crippen LogP contribution >= 0.6 is 0 Å². The van der Waals surface area contributed by atoms with E-state index >= 15 is 0 Å². The number of rotatable bonds is 10. The van der Waals surface area contributed by atoms with Crippen LogP contribution in [-0.2, 0) is 20.0 Å². The molecule has 0 saturated heterocycles. The molecule has 2 aromatic carbocycles. The lowest BCUT2D eigenvalue weighted by atomic mass is 10.3. The van der Waals surface area contributed by atoms with E-state index in [1.54, 1.807) is 12.1 Å². The molecule has 1 heterocycles. The topological polar surface area (TPSA) is 142 Å². The maximum absolute atomic E-state index is 13.0. The van der Waals surface area contributed by atoms with Crippen LogP contribution in [-0.4, -0.2) is 50.3 Å². The fraction of sp³-hybridized carbons (Fsp3) is 0.190. The van der Waals surface area contributed by atoms with Crippen LogP contribution in [0.25, 0.3) is 0 Å². The number of ether oxygens (including phenoxy) is 4. The summed E-state index contributed by atoms with van der Waals surface area (Å²) in [7, 11) is -2.90. The molecule has 13 heteroatoms. The maximum Gasteiger partial charge on any atom is 0.266 e. The van der Waals surface area contributed by atoms with Crippen LogP contribution in [0.3, 0.4) is 0 Å². The fourth-order valence-electron chi connectivity index (χ4n) is 3.07. The highest BCUT2D eigenvalue weighted by Gasteiger charge is 2.25. The lowest BCUT2D eigenvalue weighted by Gasteiger charge is -2.15. The molecule has 0 aliphatic rings. The van der Waals surface area contributed by atoms with E-state index in [2.05, 4.69) is 14.4 Å². The molecule has 0 atom stereocenters. The number of benzene rings is 2. The molecule has 0 saturated carbocycles. The van der Waals surface area contributed by atoms with E-state index in [0.717, 1.165) is 0 Å². The molecule has 0 radical (unpaired) electrons. The number of nitrogens with one attached hydrogen (secondary N) is 2. The molecule has 1 aromatic heterocycles. The van der Waals surface area contributed by atoms with Gasteiger partial charge in [0.2, 0.25) is 0 Å². The molecule has 2 N–H and O–H groups in total. The van der Waals surface area contributed by atoms with E-state index in [1.807, 2.05) is 0 Å². The maximum atomic E-state index is 13.0. The number of pyridine rings is 1. The van der Waals surface area contributed by atoms with Crippen molar-refractivity contribution in [2.45, 2.75) is 9.79 Å². The van der Waals surface area contributed by atoms with Crippen LogP contribution in [0.15, 0.2) is 64.4 Å². The Morgan fingerprint density at radius 1 is 0.588 bits per heavy atom. The first-order valence-corrected chi connectivity index (χ1v) is 12.6. The summed E-state index contributed by atoms with van der Waals surface area (Å²) in [5.41, 5.74) is 0. The Balaban J connectivity index is 1.92. The van der Waals surface area contributed by atoms with E-state index in [0.29, 0.717) is 0 Å². The summed E-state index contributed by atoms with van der Waals surface area (Å²) in [6.45, 7) is 0. The zero-order valence-corrected chi connectivity index (χ0v) is 20.4. The van der Waals surface area contributed by atoms with Crippen LogP contribution in [0.1, 0.15) is 0 Å². The minimum Gasteiger partial charge on any atom is -0.493 e. The fourth-order valence-corrected chi connectivity index (χ4v) is 5.44. The number of anilines is 2. The van der Waals surface area contributed by atoms with Crippen LogP contribution in [0.4, 0.5) is 11.6 Å². The van der Waals surface area contributed by atoms with Crippen LogP contribution in [0.5, 0.6) is 23.0 Å². The molecule has 0 aliphatic carbocycles. The number of sulfonamides is 2. The largest absolute Gasteiger partial charge is 0.493 e. The number of aromatic nitrogens is 1. The van der Waals surface area contributed by atoms with Gasteiger partial charge in [0, 0.05) is 0 Å². The van der Waals surface area contributed by atoms with Gasteiger partial charge in [-0.2, -0.15) is 0 Å². The number of nitrogens with zero attached hydrogens (tertiary/aromatic N) is 1. The highest BCUT2D eigenvalue weighted by molar-refractivity contribution is 7.93. The zero-order chi connectivity index (χ0) is 24.9. The van der Waals surface area contributed by atoms with Crippen molar-refractivity contribution in [2.75, 3.05) is 37.9 Å². The summed E-state index contributed by atoms with van der Waals surface area (Å²) in [5, 5.41) is 0. The highest BCUT2D eigenvalue weighted by Crippen LogP contribution is 2.36. The van der Waals surface area contributed by atoms with Crippen molar-refractivity contribution in [2.24, 2.45) is 0 Å². The Kier molecular flexibility index (Phi) is 7.37. The Bertz CT molecular complexity index is 1290. The van der Waals surface area contributed by atoms with Crippen molar-refractivity contribution in [3.8, 4) is 23.0 Å². The smallest absolute Gasteiger partial charge is 0.266 e. The minimum atomic E-state index is -4.15. The third-order valence-electron chi connectivity index (χ3n) is 4.54. The molecule has 0 amide bonds. The van der Waals surface area contributed by atoms with Gasteiger partial charge >= 0.3 is 0 Å². The standard InChI is InChI=1S/C21H23N3O8S2/c1-29-14-8-5-10-16(20(14)31-3)33(25,26)23-18-12-7-13-19(22-18)24-34(27,28)17-11-6-9-15(30-2)21(17)32-4/h5-13H,1-4H3,(H2,22,23,24). The van der Waals surface area contributed by atoms with Crippen LogP contribution < -0.4 is 28.4 Å². The monoisotopic (exact) mass is 509 g/mol. The molecule has 0 aliphatic heterocycles. The molecular formula is C21H23N3O8S2. The second-order valence-electron chi connectivity index (χ2n) is 6.60. The lowest BCUT2D eigenvalue weighted by Crippen LogP contribution is -2.17. The Hall–Kier alpha value is -3.71. The van der Waals surface area contributed by atoms with E-state index in [-0.39, 0.29) is 44.4 Å². The summed E-state index contributed by atoms with van der Waals surface area (Å²) in [6, 6.07) is 13.0. The van der Waals surface area contributed by atoms with Crippen molar-refractivity contribution >= 4 is 31.7 Å². The number of methoxy groups -OCH3 is 4. The van der Waals surface area contributed by atoms with E-state index in [1.165, 1.54) is 70.9 Å². The average molecular weight is 510 g/mol. The van der Waals surface area contributed by atoms with E-state index in [4.69, 9.17) is 18.9 Å². The van der Waals surface area contributed by atoms with Gasteiger partial charge in [0.1, 0.15) is 21.4 Å². The normalized spacial score (nSPS) is 11.4. The summed E-state index contributed by atoms with van der Waals surface area (Å²) >= 11 is 0. The minimum absolute atomic E-state index is 0.0134. The van der Waals surface area contributed by atoms with Gasteiger partial charge in [0.05, 0.1) is 28.4 Å². The Labute approximate surface area is 197 Å². The Morgan fingerprint density at radius 2 is 0.971 bits per heavy atom. The van der Waals surface area contributed by atoms with E-state index < -0.39 is 20.0 Å². The summed E-state index contributed by atoms with van der Waals surface area (Å²) in [5.74, 6) is 0.239. The summed E-state index contributed by atoms with van der Waals surface area (Å²) < 4.78 is 77.2. The molecule has 0 spiro atoms. The van der Waals surface area contributed by atoms with Crippen molar-refractivity contribution < 1.29 is 35.8 Å². The number of hydrogen-bond donors (Lipinski definition) is 2. The van der Waals surface area contributed by atoms with Gasteiger partial charge < -0.3 is 18.9 Å². The molecule has 0 unspecified atom stereocenters. The highest BCUT2D eigenvalue weighted by atomic mass is 32.2. The average Bonchev–Trinajstić information content (AvgIpc) is 2.82. The first-order valence-electron chi connectivity index (χ1n) is 9.61. The van der Waals surface area contributed by atoms with Crippen molar-refractivity contribution in [1.82, 2.24) is 4.98 Å². The van der Waals surface area contributed by atoms with Gasteiger partial charge in [-0.25, -0.2) is 21.8 Å². The zero-order valence-electron chi connectivity index (χ0n) is 18.7. The molecule has 182 valence electrons. The SMILES string of the molecule is COc1cccc(S(=O)(=O)Nc2cccc(NS(=O)(=O)c3cccc(OC)c3OC)n2)c1OC. The first kappa shape index (κ1) is 24.9. The molecule has 34 heavy (non-hydrogen) atoms. The van der Waals surface area contributed by atoms with Crippen LogP contribution in [0.2, 0.25) is 0 Å². The summed E-state index contributed by atoms with van der Waals surface area (Å²) in [4.78, 5) is 3.71.